The van der Waals surface area contributed by atoms with Crippen molar-refractivity contribution < 1.29 is 4.39 Å². The van der Waals surface area contributed by atoms with E-state index in [4.69, 9.17) is 5.84 Å². The topological polar surface area (TPSA) is 62.4 Å². The van der Waals surface area contributed by atoms with Gasteiger partial charge in [0, 0.05) is 12.2 Å². The van der Waals surface area contributed by atoms with E-state index < -0.39 is 0 Å². The van der Waals surface area contributed by atoms with Crippen molar-refractivity contribution in [2.75, 3.05) is 11.9 Å². The van der Waals surface area contributed by atoms with Gasteiger partial charge in [-0.2, -0.15) is 0 Å². The predicted molar refractivity (Wildman–Crippen MR) is 76.9 cm³/mol. The summed E-state index contributed by atoms with van der Waals surface area (Å²) in [4.78, 5) is 4.27. The Morgan fingerprint density at radius 2 is 2.17 bits per heavy atom. The summed E-state index contributed by atoms with van der Waals surface area (Å²) >= 11 is 3.14. The molecular formula is C12H18BrFN4. The van der Waals surface area contributed by atoms with Gasteiger partial charge in [0.25, 0.3) is 0 Å². The van der Waals surface area contributed by atoms with Gasteiger partial charge in [-0.15, -0.1) is 0 Å². The van der Waals surface area contributed by atoms with Crippen LogP contribution >= 0.6 is 15.9 Å². The van der Waals surface area contributed by atoms with Crippen LogP contribution in [0.2, 0.25) is 0 Å². The van der Waals surface area contributed by atoms with Gasteiger partial charge in [-0.25, -0.2) is 10.2 Å². The van der Waals surface area contributed by atoms with Gasteiger partial charge < -0.3 is 5.32 Å². The minimum Gasteiger partial charge on any atom is -0.325 e. The fraction of sp³-hybridized carbons (Fsp3) is 0.417. The molecule has 4 nitrogen and oxygen atoms in total. The van der Waals surface area contributed by atoms with Gasteiger partial charge in [0.1, 0.15) is 5.82 Å². The van der Waals surface area contributed by atoms with Crippen molar-refractivity contribution in [1.82, 2.24) is 5.43 Å². The van der Waals surface area contributed by atoms with E-state index in [9.17, 15) is 4.39 Å². The highest BCUT2D eigenvalue weighted by Gasteiger charge is 2.07. The monoisotopic (exact) mass is 316 g/mol. The minimum atomic E-state index is -0.330. The Morgan fingerprint density at radius 1 is 1.50 bits per heavy atom. The van der Waals surface area contributed by atoms with Crippen LogP contribution in [-0.2, 0) is 0 Å². The Balaban J connectivity index is 2.88. The van der Waals surface area contributed by atoms with Crippen LogP contribution in [0.3, 0.4) is 0 Å². The summed E-state index contributed by atoms with van der Waals surface area (Å²) in [6, 6.07) is 3.11. The first-order valence-corrected chi connectivity index (χ1v) is 6.47. The third kappa shape index (κ3) is 4.27. The van der Waals surface area contributed by atoms with Crippen LogP contribution < -0.4 is 16.6 Å². The average Bonchev–Trinajstić information content (AvgIpc) is 2.30. The van der Waals surface area contributed by atoms with Crippen molar-refractivity contribution in [3.05, 3.63) is 28.0 Å². The Labute approximate surface area is 115 Å². The zero-order chi connectivity index (χ0) is 13.7. The molecule has 18 heavy (non-hydrogen) atoms. The number of nitrogens with zero attached hydrogens (tertiary/aromatic N) is 1. The lowest BCUT2D eigenvalue weighted by atomic mass is 10.2. The smallest absolute Gasteiger partial charge is 0.210 e. The van der Waals surface area contributed by atoms with E-state index in [1.807, 2.05) is 6.92 Å². The van der Waals surface area contributed by atoms with Crippen molar-refractivity contribution in [1.29, 1.82) is 0 Å². The molecule has 0 aliphatic heterocycles. The number of anilines is 1. The summed E-state index contributed by atoms with van der Waals surface area (Å²) in [7, 11) is 0. The van der Waals surface area contributed by atoms with Gasteiger partial charge in [-0.05, 0) is 46.5 Å². The molecule has 0 bridgehead atoms. The van der Waals surface area contributed by atoms with E-state index >= 15 is 0 Å². The lowest BCUT2D eigenvalue weighted by Crippen LogP contribution is -2.36. The van der Waals surface area contributed by atoms with E-state index in [1.165, 1.54) is 6.07 Å². The summed E-state index contributed by atoms with van der Waals surface area (Å²) < 4.78 is 13.9. The van der Waals surface area contributed by atoms with Gasteiger partial charge in [0.2, 0.25) is 5.96 Å². The fourth-order valence-electron chi connectivity index (χ4n) is 1.30. The molecule has 0 aliphatic carbocycles. The highest BCUT2D eigenvalue weighted by molar-refractivity contribution is 9.10. The third-order valence-corrected chi connectivity index (χ3v) is 2.88. The molecule has 0 fully saturated rings. The molecule has 6 heteroatoms. The summed E-state index contributed by atoms with van der Waals surface area (Å²) in [5.74, 6) is 5.90. The van der Waals surface area contributed by atoms with E-state index in [0.717, 1.165) is 5.56 Å². The highest BCUT2D eigenvalue weighted by Crippen LogP contribution is 2.23. The summed E-state index contributed by atoms with van der Waals surface area (Å²) in [6.45, 7) is 6.64. The molecule has 0 aliphatic rings. The van der Waals surface area contributed by atoms with Crippen LogP contribution in [0.5, 0.6) is 0 Å². The number of nitrogens with one attached hydrogen (secondary N) is 2. The van der Waals surface area contributed by atoms with Gasteiger partial charge in [0.15, 0.2) is 0 Å². The molecule has 0 amide bonds. The number of aliphatic imine (C=N–C) groups is 1. The molecule has 0 heterocycles. The molecule has 1 aromatic carbocycles. The Bertz CT molecular complexity index is 446. The first kappa shape index (κ1) is 14.9. The Morgan fingerprint density at radius 3 is 2.72 bits per heavy atom. The molecule has 0 saturated heterocycles. The number of guanidine groups is 1. The summed E-state index contributed by atoms with van der Waals surface area (Å²) in [5.41, 5.74) is 4.01. The normalized spacial score (nSPS) is 11.8. The fourth-order valence-corrected chi connectivity index (χ4v) is 1.76. The average molecular weight is 317 g/mol. The van der Waals surface area contributed by atoms with E-state index in [0.29, 0.717) is 28.6 Å². The van der Waals surface area contributed by atoms with Gasteiger partial charge in [0.05, 0.1) is 4.47 Å². The lowest BCUT2D eigenvalue weighted by molar-refractivity contribution is 0.621. The SMILES string of the molecule is Cc1cc(Br)c(F)cc1NC(=NCC(C)C)NN. The van der Waals surface area contributed by atoms with Gasteiger partial charge >= 0.3 is 0 Å². The van der Waals surface area contributed by atoms with Crippen molar-refractivity contribution in [2.45, 2.75) is 20.8 Å². The maximum Gasteiger partial charge on any atom is 0.210 e. The zero-order valence-corrected chi connectivity index (χ0v) is 12.3. The van der Waals surface area contributed by atoms with Gasteiger partial charge in [-0.3, -0.25) is 10.4 Å². The molecule has 0 unspecified atom stereocenters. The number of benzene rings is 1. The zero-order valence-electron chi connectivity index (χ0n) is 10.7. The van der Waals surface area contributed by atoms with Crippen LogP contribution in [0, 0.1) is 18.7 Å². The highest BCUT2D eigenvalue weighted by atomic mass is 79.9. The van der Waals surface area contributed by atoms with Crippen LogP contribution in [0.15, 0.2) is 21.6 Å². The lowest BCUT2D eigenvalue weighted by Gasteiger charge is -2.13. The van der Waals surface area contributed by atoms with Crippen molar-refractivity contribution in [2.24, 2.45) is 16.8 Å². The molecule has 0 aromatic heterocycles. The largest absolute Gasteiger partial charge is 0.325 e. The number of hydrogen-bond donors (Lipinski definition) is 3. The molecule has 0 saturated carbocycles. The van der Waals surface area contributed by atoms with Crippen LogP contribution in [0.25, 0.3) is 0 Å². The maximum absolute atomic E-state index is 13.4. The second-order valence-electron chi connectivity index (χ2n) is 4.43. The van der Waals surface area contributed by atoms with Gasteiger partial charge in [-0.1, -0.05) is 13.8 Å². The molecule has 1 aromatic rings. The number of halogens is 2. The number of aryl methyl sites for hydroxylation is 1. The van der Waals surface area contributed by atoms with Crippen LogP contribution in [0.1, 0.15) is 19.4 Å². The van der Waals surface area contributed by atoms with E-state index in [2.05, 4.69) is 45.5 Å². The first-order chi connectivity index (χ1) is 8.43. The molecular weight excluding hydrogens is 299 g/mol. The number of hydrazine groups is 1. The van der Waals surface area contributed by atoms with Crippen molar-refractivity contribution in [3.8, 4) is 0 Å². The van der Waals surface area contributed by atoms with Crippen LogP contribution in [0.4, 0.5) is 10.1 Å². The Kier molecular flexibility index (Phi) is 5.55. The molecule has 100 valence electrons. The second kappa shape index (κ2) is 6.70. The number of nitrogens with two attached hydrogens (primary N) is 1. The second-order valence-corrected chi connectivity index (χ2v) is 5.29. The Hall–Kier alpha value is -1.14. The molecule has 0 spiro atoms. The van der Waals surface area contributed by atoms with Crippen molar-refractivity contribution >= 4 is 27.6 Å². The quantitative estimate of drug-likeness (QED) is 0.348. The number of hydrogen-bond acceptors (Lipinski definition) is 2. The standard InChI is InChI=1S/C12H18BrFN4/c1-7(2)6-16-12(18-15)17-11-5-10(14)9(13)4-8(11)3/h4-5,7H,6,15H2,1-3H3,(H2,16,17,18). The van der Waals surface area contributed by atoms with E-state index in [-0.39, 0.29) is 5.82 Å². The maximum atomic E-state index is 13.4. The number of rotatable bonds is 3. The molecule has 0 radical (unpaired) electrons. The predicted octanol–water partition coefficient (Wildman–Crippen LogP) is 2.78. The first-order valence-electron chi connectivity index (χ1n) is 5.67. The van der Waals surface area contributed by atoms with E-state index in [1.54, 1.807) is 6.07 Å². The summed E-state index contributed by atoms with van der Waals surface area (Å²) in [5, 5.41) is 2.97. The summed E-state index contributed by atoms with van der Waals surface area (Å²) in [6.07, 6.45) is 0. The molecule has 4 N–H and O–H groups in total. The molecule has 1 rings (SSSR count). The third-order valence-electron chi connectivity index (χ3n) is 2.27. The van der Waals surface area contributed by atoms with Crippen LogP contribution in [-0.4, -0.2) is 12.5 Å². The molecule has 0 atom stereocenters. The van der Waals surface area contributed by atoms with Crippen molar-refractivity contribution in [3.63, 3.8) is 0 Å². The minimum absolute atomic E-state index is 0.330.